The molecule has 24 nitrogen and oxygen atoms in total. The van der Waals surface area contributed by atoms with Crippen molar-refractivity contribution in [3.05, 3.63) is 311 Å². The van der Waals surface area contributed by atoms with E-state index in [1.807, 2.05) is 36.4 Å². The van der Waals surface area contributed by atoms with Crippen LogP contribution < -0.4 is 33.4 Å². The van der Waals surface area contributed by atoms with Crippen molar-refractivity contribution in [2.24, 2.45) is 0 Å². The number of H-pyrrole nitrogens is 6. The van der Waals surface area contributed by atoms with Crippen LogP contribution in [0.5, 0.6) is 0 Å². The number of aromatic amines is 6. The standard InChI is InChI=1S/C78H48N18O6S6/c79-31-49-61(43-19-7-1-8-20-43)85-73(91-67(49)97)103-37-55-56(38-104-74-86-62(44-21-9-2-10-22-44)50(32-80)68(98)92-74)58(40-106-76-88-64(46-25-13-4-14-26-46)52(34-82)70(100)94-76)60(42-108-78-90-66(48-29-17-6-18-30-48)54(36-84)72(102)96-78)59(41-107-77-89-65(47-27-15-5-16-28-47)53(35-83)71(101)95-77)57(55)39-105-75-87-63(45-23-11-3-12-24-45)51(33-81)69(99)93-75/h1-30H,37-42H2,(H,85,91,97)(H,86,92,98)(H,87,93,99)(H,88,94,100)(H,89,95,101)(H,90,96,102). The van der Waals surface area contributed by atoms with Gasteiger partial charge in [0.1, 0.15) is 69.8 Å². The van der Waals surface area contributed by atoms with Gasteiger partial charge in [-0.15, -0.1) is 0 Å². The zero-order chi connectivity index (χ0) is 75.2. The maximum absolute atomic E-state index is 14.2. The Bertz CT molecular complexity index is 5310. The van der Waals surface area contributed by atoms with E-state index in [1.165, 1.54) is 0 Å². The van der Waals surface area contributed by atoms with Crippen molar-refractivity contribution in [3.8, 4) is 104 Å². The Labute approximate surface area is 637 Å². The van der Waals surface area contributed by atoms with Crippen LogP contribution in [-0.2, 0) is 34.5 Å². The first-order valence-electron chi connectivity index (χ1n) is 32.3. The largest absolute Gasteiger partial charge is 0.333 e. The number of hydrogen-bond donors (Lipinski definition) is 6. The van der Waals surface area contributed by atoms with Crippen LogP contribution in [0.15, 0.2) is 242 Å². The van der Waals surface area contributed by atoms with Crippen molar-refractivity contribution < 1.29 is 0 Å². The quantitative estimate of drug-likeness (QED) is 0.0242. The molecule has 6 N–H and O–H groups in total. The summed E-state index contributed by atoms with van der Waals surface area (Å²) in [4.78, 5) is 131. The molecule has 0 aliphatic heterocycles. The van der Waals surface area contributed by atoms with Gasteiger partial charge in [-0.1, -0.05) is 253 Å². The Balaban J connectivity index is 1.11. The van der Waals surface area contributed by atoms with Gasteiger partial charge in [-0.05, 0) is 66.8 Å². The van der Waals surface area contributed by atoms with Gasteiger partial charge in [-0.3, -0.25) is 28.8 Å². The molecule has 0 bridgehead atoms. The van der Waals surface area contributed by atoms with E-state index < -0.39 is 33.4 Å². The number of benzene rings is 7. The summed E-state index contributed by atoms with van der Waals surface area (Å²) in [5.41, 5.74) is 0.850. The zero-order valence-corrected chi connectivity index (χ0v) is 60.7. The highest BCUT2D eigenvalue weighted by atomic mass is 32.2. The van der Waals surface area contributed by atoms with Crippen LogP contribution in [0.1, 0.15) is 66.8 Å². The van der Waals surface area contributed by atoms with Crippen molar-refractivity contribution in [1.82, 2.24) is 59.8 Å². The molecule has 0 unspecified atom stereocenters. The third-order valence-electron chi connectivity index (χ3n) is 16.7. The minimum Gasteiger partial charge on any atom is -0.333 e. The van der Waals surface area contributed by atoms with E-state index in [4.69, 9.17) is 0 Å². The van der Waals surface area contributed by atoms with Gasteiger partial charge < -0.3 is 29.9 Å². The molecule has 7 aromatic carbocycles. The topological polar surface area (TPSA) is 417 Å². The van der Waals surface area contributed by atoms with Crippen molar-refractivity contribution >= 4 is 70.6 Å². The maximum atomic E-state index is 14.2. The molecule has 6 aromatic heterocycles. The predicted octanol–water partition coefficient (Wildman–Crippen LogP) is 13.2. The molecule has 0 saturated carbocycles. The second kappa shape index (κ2) is 33.7. The minimum absolute atomic E-state index is 0.0726. The van der Waals surface area contributed by atoms with Crippen LogP contribution in [-0.4, -0.2) is 59.8 Å². The van der Waals surface area contributed by atoms with Crippen molar-refractivity contribution in [1.29, 1.82) is 31.6 Å². The molecule has 0 amide bonds. The Hall–Kier alpha value is -13.1. The molecule has 0 aliphatic carbocycles. The summed E-state index contributed by atoms with van der Waals surface area (Å²) < 4.78 is 0. The molecule has 0 fully saturated rings. The number of nitrogens with zero attached hydrogens (tertiary/aromatic N) is 12. The predicted molar refractivity (Wildman–Crippen MR) is 414 cm³/mol. The summed E-state index contributed by atoms with van der Waals surface area (Å²) >= 11 is 6.54. The average Bonchev–Trinajstić information content (AvgIpc) is 0.801. The molecular formula is C78H48N18O6S6. The normalized spacial score (nSPS) is 10.8. The molecule has 13 rings (SSSR count). The van der Waals surface area contributed by atoms with Crippen LogP contribution in [0.3, 0.4) is 0 Å². The molecule has 30 heteroatoms. The number of aromatic nitrogens is 12. The van der Waals surface area contributed by atoms with Gasteiger partial charge in [0.25, 0.3) is 33.4 Å². The van der Waals surface area contributed by atoms with E-state index >= 15 is 0 Å². The molecular weight excluding hydrogens is 1480 g/mol. The van der Waals surface area contributed by atoms with Crippen LogP contribution in [0, 0.1) is 68.0 Å². The summed E-state index contributed by atoms with van der Waals surface area (Å²) in [6, 6.07) is 64.5. The van der Waals surface area contributed by atoms with Gasteiger partial charge in [0.15, 0.2) is 30.9 Å². The first-order chi connectivity index (χ1) is 52.8. The zero-order valence-electron chi connectivity index (χ0n) is 55.8. The summed E-state index contributed by atoms with van der Waals surface area (Å²) in [5.74, 6) is -0.524. The average molecular weight is 1530 g/mol. The van der Waals surface area contributed by atoms with Crippen LogP contribution >= 0.6 is 70.6 Å². The Morgan fingerprint density at radius 1 is 0.222 bits per heavy atom. The Morgan fingerprint density at radius 3 is 0.472 bits per heavy atom. The lowest BCUT2D eigenvalue weighted by Crippen LogP contribution is -2.17. The second-order valence-corrected chi connectivity index (χ2v) is 28.8. The van der Waals surface area contributed by atoms with E-state index in [-0.39, 0.29) is 133 Å². The molecule has 0 spiro atoms. The summed E-state index contributed by atoms with van der Waals surface area (Å²) in [6.07, 6.45) is 0. The highest BCUT2D eigenvalue weighted by Gasteiger charge is 2.29. The van der Waals surface area contributed by atoms with Crippen LogP contribution in [0.2, 0.25) is 0 Å². The second-order valence-electron chi connectivity index (χ2n) is 23.1. The first kappa shape index (κ1) is 73.2. The SMILES string of the molecule is N#Cc1c(-c2ccccc2)[nH]c(SCc2c(CSc3nc(=O)c(C#N)c(-c4ccccc4)[nH]3)c(CSc3nc(=O)c(C#N)c(-c4ccccc4)[nH]3)c(CSc3nc(=O)c(C#N)c(-c4ccccc4)[nH]3)c(CSc3nc(=O)c(C#N)c(-c4ccccc4)[nH]3)c2CSc2nc(=O)c(C#N)c(-c3ccccc3)[nH]2)nc1=O. The lowest BCUT2D eigenvalue weighted by molar-refractivity contribution is 0.924. The summed E-state index contributed by atoms with van der Waals surface area (Å²) in [5, 5.41) is 63.3. The third-order valence-corrected chi connectivity index (χ3v) is 22.1. The van der Waals surface area contributed by atoms with Crippen molar-refractivity contribution in [2.75, 3.05) is 0 Å². The van der Waals surface area contributed by atoms with Gasteiger partial charge in [-0.2, -0.15) is 61.5 Å². The molecule has 108 heavy (non-hydrogen) atoms. The van der Waals surface area contributed by atoms with Crippen molar-refractivity contribution in [2.45, 2.75) is 65.5 Å². The molecule has 0 radical (unpaired) electrons. The van der Waals surface area contributed by atoms with Gasteiger partial charge >= 0.3 is 0 Å². The smallest absolute Gasteiger partial charge is 0.292 e. The van der Waals surface area contributed by atoms with Crippen molar-refractivity contribution in [3.63, 3.8) is 0 Å². The molecule has 522 valence electrons. The third kappa shape index (κ3) is 16.1. The minimum atomic E-state index is -0.830. The number of hydrogen-bond acceptors (Lipinski definition) is 24. The number of thioether (sulfide) groups is 6. The molecule has 13 aromatic rings. The lowest BCUT2D eigenvalue weighted by atomic mass is 9.90. The fourth-order valence-corrected chi connectivity index (χ4v) is 17.4. The van der Waals surface area contributed by atoms with Crippen LogP contribution in [0.25, 0.3) is 67.5 Å². The summed E-state index contributed by atoms with van der Waals surface area (Å²) in [7, 11) is 0. The number of rotatable bonds is 24. The highest BCUT2D eigenvalue weighted by Crippen LogP contribution is 2.45. The fourth-order valence-electron chi connectivity index (χ4n) is 11.7. The first-order valence-corrected chi connectivity index (χ1v) is 38.2. The fraction of sp³-hybridized carbons (Fsp3) is 0.0769. The Kier molecular flexibility index (Phi) is 22.9. The van der Waals surface area contributed by atoms with E-state index in [0.29, 0.717) is 66.8 Å². The van der Waals surface area contributed by atoms with E-state index in [1.54, 1.807) is 182 Å². The number of nitrogens with one attached hydrogen (secondary N) is 6. The lowest BCUT2D eigenvalue weighted by Gasteiger charge is -2.27. The van der Waals surface area contributed by atoms with E-state index in [2.05, 4.69) is 59.8 Å². The van der Waals surface area contributed by atoms with Gasteiger partial charge in [0, 0.05) is 34.5 Å². The molecule has 0 atom stereocenters. The van der Waals surface area contributed by atoms with E-state index in [0.717, 1.165) is 70.6 Å². The van der Waals surface area contributed by atoms with Gasteiger partial charge in [0.05, 0.1) is 34.2 Å². The summed E-state index contributed by atoms with van der Waals surface area (Å²) in [6.45, 7) is 0. The maximum Gasteiger partial charge on any atom is 0.292 e. The highest BCUT2D eigenvalue weighted by molar-refractivity contribution is 7.99. The van der Waals surface area contributed by atoms with Crippen LogP contribution in [0.4, 0.5) is 0 Å². The van der Waals surface area contributed by atoms with Gasteiger partial charge in [0.2, 0.25) is 0 Å². The monoisotopic (exact) mass is 1520 g/mol. The molecule has 6 heterocycles. The van der Waals surface area contributed by atoms with Gasteiger partial charge in [-0.25, -0.2) is 0 Å². The number of nitriles is 6. The molecule has 0 saturated heterocycles. The molecule has 0 aliphatic rings. The Morgan fingerprint density at radius 2 is 0.352 bits per heavy atom. The van der Waals surface area contributed by atoms with E-state index in [9.17, 15) is 60.3 Å².